The number of methoxy groups -OCH3 is 1. The highest BCUT2D eigenvalue weighted by Gasteiger charge is 2.41. The largest absolute Gasteiger partial charge is 0.384 e. The second-order valence-corrected chi connectivity index (χ2v) is 7.14. The SMILES string of the molecule is COC1CCC(c2cccc(Cl)c2)(c2cnn3ccc(N)nc23)CC1. The van der Waals surface area contributed by atoms with Gasteiger partial charge in [0.2, 0.25) is 0 Å². The molecule has 0 spiro atoms. The summed E-state index contributed by atoms with van der Waals surface area (Å²) in [6, 6.07) is 9.89. The van der Waals surface area contributed by atoms with E-state index in [-0.39, 0.29) is 5.41 Å². The average Bonchev–Trinajstić information content (AvgIpc) is 3.05. The van der Waals surface area contributed by atoms with Crippen LogP contribution in [-0.2, 0) is 10.2 Å². The lowest BCUT2D eigenvalue weighted by atomic mass is 9.65. The van der Waals surface area contributed by atoms with Crippen molar-refractivity contribution in [2.75, 3.05) is 12.8 Å². The molecule has 1 fully saturated rings. The number of benzene rings is 1. The first-order valence-electron chi connectivity index (χ1n) is 8.51. The molecule has 1 saturated carbocycles. The van der Waals surface area contributed by atoms with E-state index >= 15 is 0 Å². The molecule has 0 unspecified atom stereocenters. The normalized spacial score (nSPS) is 23.8. The number of hydrogen-bond acceptors (Lipinski definition) is 4. The van der Waals surface area contributed by atoms with Crippen molar-refractivity contribution < 1.29 is 4.74 Å². The Morgan fingerprint density at radius 3 is 2.80 bits per heavy atom. The maximum atomic E-state index is 6.31. The Morgan fingerprint density at radius 2 is 2.08 bits per heavy atom. The van der Waals surface area contributed by atoms with E-state index in [0.29, 0.717) is 11.9 Å². The van der Waals surface area contributed by atoms with Crippen LogP contribution in [0.15, 0.2) is 42.7 Å². The Balaban J connectivity index is 1.90. The molecule has 5 nitrogen and oxygen atoms in total. The molecule has 25 heavy (non-hydrogen) atoms. The number of ether oxygens (including phenoxy) is 1. The minimum atomic E-state index is -0.178. The predicted octanol–water partition coefficient (Wildman–Crippen LogP) is 3.84. The summed E-state index contributed by atoms with van der Waals surface area (Å²) in [4.78, 5) is 4.56. The average molecular weight is 357 g/mol. The summed E-state index contributed by atoms with van der Waals surface area (Å²) in [6.45, 7) is 0. The van der Waals surface area contributed by atoms with Gasteiger partial charge in [-0.2, -0.15) is 5.10 Å². The maximum absolute atomic E-state index is 6.31. The van der Waals surface area contributed by atoms with Gasteiger partial charge in [-0.25, -0.2) is 9.50 Å². The quantitative estimate of drug-likeness (QED) is 0.774. The molecule has 0 amide bonds. The van der Waals surface area contributed by atoms with Crippen molar-refractivity contribution in [3.05, 3.63) is 58.9 Å². The van der Waals surface area contributed by atoms with Gasteiger partial charge in [-0.3, -0.25) is 0 Å². The highest BCUT2D eigenvalue weighted by Crippen LogP contribution is 2.47. The highest BCUT2D eigenvalue weighted by atomic mass is 35.5. The van der Waals surface area contributed by atoms with Gasteiger partial charge >= 0.3 is 0 Å². The summed E-state index contributed by atoms with van der Waals surface area (Å²) in [5.74, 6) is 0.501. The van der Waals surface area contributed by atoms with E-state index in [1.54, 1.807) is 17.7 Å². The molecule has 0 saturated heterocycles. The number of nitrogens with zero attached hydrogens (tertiary/aromatic N) is 3. The van der Waals surface area contributed by atoms with Gasteiger partial charge in [-0.05, 0) is 49.4 Å². The van der Waals surface area contributed by atoms with Crippen LogP contribution >= 0.6 is 11.6 Å². The minimum absolute atomic E-state index is 0.178. The van der Waals surface area contributed by atoms with Gasteiger partial charge in [0.15, 0.2) is 5.65 Å². The summed E-state index contributed by atoms with van der Waals surface area (Å²) < 4.78 is 7.38. The van der Waals surface area contributed by atoms with E-state index in [1.807, 2.05) is 24.5 Å². The molecule has 6 heteroatoms. The smallest absolute Gasteiger partial charge is 0.161 e. The summed E-state index contributed by atoms with van der Waals surface area (Å²) in [7, 11) is 1.79. The fraction of sp³-hybridized carbons (Fsp3) is 0.368. The summed E-state index contributed by atoms with van der Waals surface area (Å²) in [5, 5.41) is 5.25. The summed E-state index contributed by atoms with van der Waals surface area (Å²) >= 11 is 6.31. The van der Waals surface area contributed by atoms with Gasteiger partial charge < -0.3 is 10.5 Å². The second kappa shape index (κ2) is 6.32. The lowest BCUT2D eigenvalue weighted by Gasteiger charge is -2.40. The number of aromatic nitrogens is 3. The molecule has 130 valence electrons. The summed E-state index contributed by atoms with van der Waals surface area (Å²) in [6.07, 6.45) is 7.98. The third-order valence-corrected chi connectivity index (χ3v) is 5.64. The van der Waals surface area contributed by atoms with Crippen molar-refractivity contribution >= 4 is 23.1 Å². The molecule has 2 N–H and O–H groups in total. The van der Waals surface area contributed by atoms with Crippen molar-refractivity contribution in [2.24, 2.45) is 0 Å². The third kappa shape index (κ3) is 2.77. The first-order chi connectivity index (χ1) is 12.1. The zero-order chi connectivity index (χ0) is 17.4. The van der Waals surface area contributed by atoms with Gasteiger partial charge in [0.1, 0.15) is 5.82 Å². The molecule has 0 atom stereocenters. The number of halogens is 1. The molecule has 1 aliphatic carbocycles. The molecule has 1 aromatic carbocycles. The van der Waals surface area contributed by atoms with Crippen LogP contribution in [0.3, 0.4) is 0 Å². The predicted molar refractivity (Wildman–Crippen MR) is 98.9 cm³/mol. The third-order valence-electron chi connectivity index (χ3n) is 5.40. The van der Waals surface area contributed by atoms with E-state index in [1.165, 1.54) is 5.56 Å². The van der Waals surface area contributed by atoms with E-state index in [0.717, 1.165) is 41.9 Å². The Hall–Kier alpha value is -2.11. The molecule has 0 radical (unpaired) electrons. The monoisotopic (exact) mass is 356 g/mol. The van der Waals surface area contributed by atoms with Crippen LogP contribution in [0.5, 0.6) is 0 Å². The molecular formula is C19H21ClN4O. The number of nitrogens with two attached hydrogens (primary N) is 1. The fourth-order valence-electron chi connectivity index (χ4n) is 4.04. The lowest BCUT2D eigenvalue weighted by molar-refractivity contribution is 0.0553. The number of rotatable bonds is 3. The molecule has 2 heterocycles. The Kier molecular flexibility index (Phi) is 4.13. The zero-order valence-corrected chi connectivity index (χ0v) is 14.9. The zero-order valence-electron chi connectivity index (χ0n) is 14.2. The van der Waals surface area contributed by atoms with Crippen LogP contribution in [0.1, 0.15) is 36.8 Å². The number of nitrogen functional groups attached to an aromatic ring is 1. The molecule has 1 aliphatic rings. The second-order valence-electron chi connectivity index (χ2n) is 6.71. The van der Waals surface area contributed by atoms with Crippen LogP contribution in [0.2, 0.25) is 5.02 Å². The van der Waals surface area contributed by atoms with E-state index in [9.17, 15) is 0 Å². The molecule has 2 aromatic heterocycles. The Labute approximate surface area is 151 Å². The van der Waals surface area contributed by atoms with Crippen molar-refractivity contribution in [3.8, 4) is 0 Å². The number of fused-ring (bicyclic) bond motifs is 1. The topological polar surface area (TPSA) is 65.4 Å². The first kappa shape index (κ1) is 16.4. The maximum Gasteiger partial charge on any atom is 0.161 e. The lowest BCUT2D eigenvalue weighted by Crippen LogP contribution is -2.35. The van der Waals surface area contributed by atoms with Gasteiger partial charge in [-0.1, -0.05) is 23.7 Å². The first-order valence-corrected chi connectivity index (χ1v) is 8.89. The highest BCUT2D eigenvalue weighted by molar-refractivity contribution is 6.30. The number of anilines is 1. The van der Waals surface area contributed by atoms with Gasteiger partial charge in [-0.15, -0.1) is 0 Å². The van der Waals surface area contributed by atoms with Crippen molar-refractivity contribution in [3.63, 3.8) is 0 Å². The van der Waals surface area contributed by atoms with E-state index in [4.69, 9.17) is 22.1 Å². The van der Waals surface area contributed by atoms with Crippen molar-refractivity contribution in [2.45, 2.75) is 37.2 Å². The summed E-state index contributed by atoms with van der Waals surface area (Å²) in [5.41, 5.74) is 8.89. The Morgan fingerprint density at radius 1 is 1.28 bits per heavy atom. The molecular weight excluding hydrogens is 336 g/mol. The molecule has 0 aliphatic heterocycles. The molecule has 4 rings (SSSR count). The van der Waals surface area contributed by atoms with Crippen LogP contribution in [-0.4, -0.2) is 27.8 Å². The van der Waals surface area contributed by atoms with Crippen LogP contribution < -0.4 is 5.73 Å². The van der Waals surface area contributed by atoms with Crippen molar-refractivity contribution in [1.29, 1.82) is 0 Å². The van der Waals surface area contributed by atoms with Crippen LogP contribution in [0.25, 0.3) is 5.65 Å². The minimum Gasteiger partial charge on any atom is -0.384 e. The standard InChI is InChI=1S/C19H21ClN4O/c1-25-15-5-8-19(9-6-15,13-3-2-4-14(20)11-13)16-12-22-24-10-7-17(21)23-18(16)24/h2-4,7,10-12,15H,5-6,8-9H2,1H3,(H2,21,23). The molecule has 3 aromatic rings. The van der Waals surface area contributed by atoms with E-state index in [2.05, 4.69) is 22.2 Å². The van der Waals surface area contributed by atoms with Crippen molar-refractivity contribution in [1.82, 2.24) is 14.6 Å². The fourth-order valence-corrected chi connectivity index (χ4v) is 4.23. The van der Waals surface area contributed by atoms with Gasteiger partial charge in [0, 0.05) is 29.3 Å². The van der Waals surface area contributed by atoms with Gasteiger partial charge in [0.05, 0.1) is 12.3 Å². The van der Waals surface area contributed by atoms with Gasteiger partial charge in [0.25, 0.3) is 0 Å². The molecule has 0 bridgehead atoms. The van der Waals surface area contributed by atoms with Crippen LogP contribution in [0.4, 0.5) is 5.82 Å². The number of hydrogen-bond donors (Lipinski definition) is 1. The Bertz CT molecular complexity index is 899. The van der Waals surface area contributed by atoms with Crippen LogP contribution in [0, 0.1) is 0 Å². The van der Waals surface area contributed by atoms with E-state index < -0.39 is 0 Å².